The summed E-state index contributed by atoms with van der Waals surface area (Å²) in [5, 5.41) is 14.0. The van der Waals surface area contributed by atoms with Crippen LogP contribution >= 0.6 is 0 Å². The fourth-order valence-corrected chi connectivity index (χ4v) is 6.27. The molecule has 1 fully saturated rings. The monoisotopic (exact) mass is 481 g/mol. The first-order valence-electron chi connectivity index (χ1n) is 10.9. The van der Waals surface area contributed by atoms with E-state index in [4.69, 9.17) is 4.74 Å². The van der Waals surface area contributed by atoms with E-state index in [0.29, 0.717) is 35.6 Å². The number of carbonyl (C=O) groups excluding carboxylic acids is 1. The highest BCUT2D eigenvalue weighted by molar-refractivity contribution is 7.90. The van der Waals surface area contributed by atoms with Gasteiger partial charge < -0.3 is 14.7 Å². The second kappa shape index (κ2) is 8.37. The van der Waals surface area contributed by atoms with Crippen molar-refractivity contribution in [3.05, 3.63) is 65.4 Å². The summed E-state index contributed by atoms with van der Waals surface area (Å²) in [6.07, 6.45) is 1.68. The summed E-state index contributed by atoms with van der Waals surface area (Å²) in [4.78, 5) is 27.0. The number of benzene rings is 2. The number of aromatic nitrogens is 2. The maximum atomic E-state index is 13.1. The molecule has 176 valence electrons. The average molecular weight is 482 g/mol. The molecule has 0 saturated carbocycles. The molecule has 34 heavy (non-hydrogen) atoms. The molecule has 0 radical (unpaired) electrons. The van der Waals surface area contributed by atoms with Crippen molar-refractivity contribution in [2.45, 2.75) is 29.6 Å². The van der Waals surface area contributed by atoms with Crippen LogP contribution in [0, 0.1) is 0 Å². The van der Waals surface area contributed by atoms with Crippen LogP contribution in [0.3, 0.4) is 0 Å². The molecule has 0 bridgehead atoms. The molecule has 0 spiro atoms. The summed E-state index contributed by atoms with van der Waals surface area (Å²) in [5.74, 6) is -1.88. The molecule has 3 aromatic rings. The molecule has 1 N–H and O–H groups in total. The number of carboxylic acids is 1. The molecule has 1 saturated heterocycles. The molecule has 2 aromatic carbocycles. The molecule has 2 aliphatic heterocycles. The molecule has 1 amide bonds. The number of sulfone groups is 1. The third-order valence-electron chi connectivity index (χ3n) is 6.40. The lowest BCUT2D eigenvalue weighted by Crippen LogP contribution is -2.40. The summed E-state index contributed by atoms with van der Waals surface area (Å²) in [5.41, 5.74) is 1.56. The van der Waals surface area contributed by atoms with E-state index in [1.54, 1.807) is 54.5 Å². The van der Waals surface area contributed by atoms with Crippen LogP contribution in [-0.4, -0.2) is 66.4 Å². The highest BCUT2D eigenvalue weighted by Gasteiger charge is 2.36. The smallest absolute Gasteiger partial charge is 0.356 e. The number of ether oxygens (including phenoxy) is 1. The van der Waals surface area contributed by atoms with Crippen LogP contribution in [0.4, 0.5) is 0 Å². The van der Waals surface area contributed by atoms with Crippen LogP contribution in [0.25, 0.3) is 16.9 Å². The van der Waals surface area contributed by atoms with Crippen LogP contribution in [-0.2, 0) is 20.3 Å². The summed E-state index contributed by atoms with van der Waals surface area (Å²) in [7, 11) is -2.04. The minimum Gasteiger partial charge on any atom is -0.476 e. The van der Waals surface area contributed by atoms with Crippen molar-refractivity contribution in [3.8, 4) is 16.9 Å². The average Bonchev–Trinajstić information content (AvgIpc) is 3.23. The number of likely N-dealkylation sites (tertiary alicyclic amines) is 1. The number of hydrogen-bond acceptors (Lipinski definition) is 6. The Hall–Kier alpha value is -3.50. The molecule has 2 aliphatic rings. The van der Waals surface area contributed by atoms with Crippen LogP contribution in [0.2, 0.25) is 0 Å². The number of nitrogens with zero attached hydrogens (tertiary/aromatic N) is 3. The Morgan fingerprint density at radius 3 is 2.53 bits per heavy atom. The molecule has 5 rings (SSSR count). The Balaban J connectivity index is 1.59. The number of rotatable bonds is 4. The van der Waals surface area contributed by atoms with Gasteiger partial charge in [0.25, 0.3) is 5.91 Å². The maximum absolute atomic E-state index is 13.1. The molecule has 9 nitrogen and oxygen atoms in total. The number of hydrogen-bond donors (Lipinski definition) is 1. The van der Waals surface area contributed by atoms with Crippen LogP contribution < -0.4 is 0 Å². The Morgan fingerprint density at radius 2 is 1.82 bits per heavy atom. The zero-order chi connectivity index (χ0) is 24.0. The van der Waals surface area contributed by atoms with Gasteiger partial charge in [0.1, 0.15) is 0 Å². The number of methoxy groups -OCH3 is 1. The largest absolute Gasteiger partial charge is 0.476 e. The molecule has 3 heterocycles. The van der Waals surface area contributed by atoms with Gasteiger partial charge in [0, 0.05) is 36.9 Å². The first-order valence-corrected chi connectivity index (χ1v) is 12.5. The van der Waals surface area contributed by atoms with Gasteiger partial charge in [0.15, 0.2) is 15.5 Å². The Morgan fingerprint density at radius 1 is 1.09 bits per heavy atom. The molecule has 0 unspecified atom stereocenters. The van der Waals surface area contributed by atoms with Crippen LogP contribution in [0.5, 0.6) is 0 Å². The predicted molar refractivity (Wildman–Crippen MR) is 123 cm³/mol. The van der Waals surface area contributed by atoms with Gasteiger partial charge >= 0.3 is 5.97 Å². The van der Waals surface area contributed by atoms with E-state index in [1.165, 1.54) is 10.7 Å². The Kier molecular flexibility index (Phi) is 5.49. The molecule has 0 aliphatic carbocycles. The van der Waals surface area contributed by atoms with Gasteiger partial charge in [-0.05, 0) is 37.1 Å². The van der Waals surface area contributed by atoms with Gasteiger partial charge in [-0.3, -0.25) is 4.79 Å². The fourth-order valence-electron chi connectivity index (χ4n) is 4.67. The van der Waals surface area contributed by atoms with E-state index < -0.39 is 21.6 Å². The highest BCUT2D eigenvalue weighted by atomic mass is 32.2. The van der Waals surface area contributed by atoms with Crippen LogP contribution in [0.1, 0.15) is 39.3 Å². The van der Waals surface area contributed by atoms with Gasteiger partial charge in [0.05, 0.1) is 28.1 Å². The third-order valence-corrected chi connectivity index (χ3v) is 8.09. The summed E-state index contributed by atoms with van der Waals surface area (Å²) in [6.45, 7) is 1.18. The first-order chi connectivity index (χ1) is 16.3. The number of fused-ring (bicyclic) bond motifs is 3. The number of amides is 1. The first kappa shape index (κ1) is 22.3. The zero-order valence-corrected chi connectivity index (χ0v) is 19.3. The maximum Gasteiger partial charge on any atom is 0.356 e. The molecular weight excluding hydrogens is 458 g/mol. The van der Waals surface area contributed by atoms with Crippen molar-refractivity contribution in [2.24, 2.45) is 0 Å². The summed E-state index contributed by atoms with van der Waals surface area (Å²) < 4.78 is 32.5. The van der Waals surface area contributed by atoms with E-state index >= 15 is 0 Å². The van der Waals surface area contributed by atoms with Gasteiger partial charge in [0.2, 0.25) is 0 Å². The number of carboxylic acid groups (broad SMARTS) is 1. The second-order valence-electron chi connectivity index (χ2n) is 8.43. The summed E-state index contributed by atoms with van der Waals surface area (Å²) >= 11 is 0. The topological polar surface area (TPSA) is 119 Å². The van der Waals surface area contributed by atoms with Gasteiger partial charge in [-0.1, -0.05) is 24.3 Å². The van der Waals surface area contributed by atoms with Crippen molar-refractivity contribution in [2.75, 3.05) is 20.2 Å². The lowest BCUT2D eigenvalue weighted by atomic mass is 10.0. The van der Waals surface area contributed by atoms with Gasteiger partial charge in [-0.2, -0.15) is 5.10 Å². The highest BCUT2D eigenvalue weighted by Crippen LogP contribution is 2.40. The van der Waals surface area contributed by atoms with Gasteiger partial charge in [-0.15, -0.1) is 0 Å². The van der Waals surface area contributed by atoms with E-state index in [1.807, 2.05) is 0 Å². The number of aromatic carboxylic acids is 1. The normalized spacial score (nSPS) is 17.1. The number of carbonyl (C=O) groups is 2. The SMILES string of the molecule is COC1CCN(C(=O)c2cccc(-n3nc(C(=O)O)c4c3-c3ccccc3S(=O)(=O)C4)c2)CC1. The Labute approximate surface area is 196 Å². The van der Waals surface area contributed by atoms with E-state index in [-0.39, 0.29) is 28.2 Å². The van der Waals surface area contributed by atoms with Crippen LogP contribution in [0.15, 0.2) is 53.4 Å². The minimum absolute atomic E-state index is 0.126. The Bertz CT molecular complexity index is 1400. The van der Waals surface area contributed by atoms with Crippen molar-refractivity contribution < 1.29 is 27.9 Å². The van der Waals surface area contributed by atoms with Crippen molar-refractivity contribution in [3.63, 3.8) is 0 Å². The quantitative estimate of drug-likeness (QED) is 0.609. The second-order valence-corrected chi connectivity index (χ2v) is 10.4. The van der Waals surface area contributed by atoms with Crippen molar-refractivity contribution in [1.82, 2.24) is 14.7 Å². The standard InChI is InChI=1S/C24H23N3O6S/c1-33-17-9-11-26(12-10-17)23(28)15-5-4-6-16(13-15)27-22-18-7-2-3-8-20(18)34(31,32)14-19(22)21(25-27)24(29)30/h2-8,13,17H,9-12,14H2,1H3,(H,29,30). The lowest BCUT2D eigenvalue weighted by Gasteiger charge is -2.31. The van der Waals surface area contributed by atoms with Crippen molar-refractivity contribution in [1.29, 1.82) is 0 Å². The fraction of sp³-hybridized carbons (Fsp3) is 0.292. The third kappa shape index (κ3) is 3.68. The zero-order valence-electron chi connectivity index (χ0n) is 18.5. The number of piperidine rings is 1. The molecule has 10 heteroatoms. The van der Waals surface area contributed by atoms with E-state index in [9.17, 15) is 23.1 Å². The summed E-state index contributed by atoms with van der Waals surface area (Å²) in [6, 6.07) is 13.3. The van der Waals surface area contributed by atoms with E-state index in [0.717, 1.165) is 12.8 Å². The molecule has 1 aromatic heterocycles. The van der Waals surface area contributed by atoms with Crippen molar-refractivity contribution >= 4 is 21.7 Å². The molecule has 0 atom stereocenters. The van der Waals surface area contributed by atoms with E-state index in [2.05, 4.69) is 5.10 Å². The molecular formula is C24H23N3O6S. The predicted octanol–water partition coefficient (Wildman–Crippen LogP) is 2.78. The minimum atomic E-state index is -3.71. The lowest BCUT2D eigenvalue weighted by molar-refractivity contribution is 0.0350. The van der Waals surface area contributed by atoms with Gasteiger partial charge in [-0.25, -0.2) is 17.9 Å².